The van der Waals surface area contributed by atoms with Crippen molar-refractivity contribution >= 4 is 17.8 Å². The van der Waals surface area contributed by atoms with E-state index in [1.54, 1.807) is 6.21 Å². The summed E-state index contributed by atoms with van der Waals surface area (Å²) in [6, 6.07) is 15.6. The number of anilines is 1. The standard InChI is InChI=1S/C21H21N3O2/c1-2-14-26-20-12-6-4-9-18(20)15-22-23-21(25)16-24-13-7-10-17-8-3-5-11-19(17)24/h1,3-6,8-9,11-12,15H,7,10,13-14,16H2,(H,23,25)/b22-15-. The molecule has 1 amide bonds. The van der Waals surface area contributed by atoms with Crippen LogP contribution in [0.4, 0.5) is 5.69 Å². The molecule has 0 bridgehead atoms. The van der Waals surface area contributed by atoms with Crippen molar-refractivity contribution in [1.29, 1.82) is 0 Å². The second-order valence-corrected chi connectivity index (χ2v) is 5.98. The van der Waals surface area contributed by atoms with E-state index in [0.29, 0.717) is 5.75 Å². The summed E-state index contributed by atoms with van der Waals surface area (Å²) in [5.74, 6) is 2.91. The third kappa shape index (κ3) is 4.42. The van der Waals surface area contributed by atoms with Crippen molar-refractivity contribution in [1.82, 2.24) is 5.43 Å². The Morgan fingerprint density at radius 2 is 2.08 bits per heavy atom. The summed E-state index contributed by atoms with van der Waals surface area (Å²) in [6.07, 6.45) is 8.89. The fourth-order valence-electron chi connectivity index (χ4n) is 3.00. The number of aryl methyl sites for hydroxylation is 1. The molecule has 5 heteroatoms. The van der Waals surface area contributed by atoms with Gasteiger partial charge in [-0.3, -0.25) is 4.79 Å². The lowest BCUT2D eigenvalue weighted by atomic mass is 10.0. The van der Waals surface area contributed by atoms with Crippen molar-refractivity contribution in [2.24, 2.45) is 5.10 Å². The molecule has 0 saturated heterocycles. The molecule has 1 aliphatic rings. The number of para-hydroxylation sites is 2. The van der Waals surface area contributed by atoms with Gasteiger partial charge in [-0.25, -0.2) is 5.43 Å². The number of carbonyl (C=O) groups is 1. The summed E-state index contributed by atoms with van der Waals surface area (Å²) in [6.45, 7) is 1.34. The molecule has 26 heavy (non-hydrogen) atoms. The molecule has 5 nitrogen and oxygen atoms in total. The third-order valence-corrected chi connectivity index (χ3v) is 4.16. The summed E-state index contributed by atoms with van der Waals surface area (Å²) in [4.78, 5) is 14.3. The van der Waals surface area contributed by atoms with Gasteiger partial charge in [0.1, 0.15) is 12.4 Å². The topological polar surface area (TPSA) is 53.9 Å². The van der Waals surface area contributed by atoms with Crippen LogP contribution in [0.1, 0.15) is 17.5 Å². The molecule has 0 aromatic heterocycles. The Hall–Kier alpha value is -3.26. The van der Waals surface area contributed by atoms with Gasteiger partial charge in [-0.05, 0) is 36.6 Å². The molecule has 1 aliphatic heterocycles. The lowest BCUT2D eigenvalue weighted by Gasteiger charge is -2.30. The molecule has 1 heterocycles. The minimum atomic E-state index is -0.153. The lowest BCUT2D eigenvalue weighted by Crippen LogP contribution is -2.38. The first-order valence-electron chi connectivity index (χ1n) is 8.58. The molecule has 0 aliphatic carbocycles. The normalized spacial score (nSPS) is 13.1. The van der Waals surface area contributed by atoms with Crippen molar-refractivity contribution in [2.45, 2.75) is 12.8 Å². The van der Waals surface area contributed by atoms with E-state index in [-0.39, 0.29) is 19.1 Å². The van der Waals surface area contributed by atoms with Crippen molar-refractivity contribution in [3.63, 3.8) is 0 Å². The molecule has 132 valence electrons. The molecule has 3 rings (SSSR count). The lowest BCUT2D eigenvalue weighted by molar-refractivity contribution is -0.119. The summed E-state index contributed by atoms with van der Waals surface area (Å²) in [5, 5.41) is 4.05. The fraction of sp³-hybridized carbons (Fsp3) is 0.238. The van der Waals surface area contributed by atoms with E-state index in [0.717, 1.165) is 30.6 Å². The maximum atomic E-state index is 12.2. The number of rotatable bonds is 6. The number of hydrogen-bond donors (Lipinski definition) is 1. The number of hydrogen-bond acceptors (Lipinski definition) is 4. The average Bonchev–Trinajstić information content (AvgIpc) is 2.67. The second-order valence-electron chi connectivity index (χ2n) is 5.98. The van der Waals surface area contributed by atoms with Crippen LogP contribution in [0.25, 0.3) is 0 Å². The quantitative estimate of drug-likeness (QED) is 0.496. The SMILES string of the molecule is C#CCOc1ccccc1/C=N\NC(=O)CN1CCCc2ccccc21. The Morgan fingerprint density at radius 3 is 2.96 bits per heavy atom. The Bertz CT molecular complexity index is 839. The van der Waals surface area contributed by atoms with Crippen LogP contribution >= 0.6 is 0 Å². The van der Waals surface area contributed by atoms with Gasteiger partial charge in [0.05, 0.1) is 12.8 Å². The van der Waals surface area contributed by atoms with Crippen molar-refractivity contribution in [3.8, 4) is 18.1 Å². The minimum absolute atomic E-state index is 0.153. The number of ether oxygens (including phenoxy) is 1. The summed E-state index contributed by atoms with van der Waals surface area (Å²) in [7, 11) is 0. The molecular formula is C21H21N3O2. The van der Waals surface area contributed by atoms with Crippen LogP contribution in [0, 0.1) is 12.3 Å². The van der Waals surface area contributed by atoms with Gasteiger partial charge in [0.15, 0.2) is 0 Å². The van der Waals surface area contributed by atoms with E-state index in [1.807, 2.05) is 36.4 Å². The molecule has 0 fully saturated rings. The van der Waals surface area contributed by atoms with Gasteiger partial charge < -0.3 is 9.64 Å². The monoisotopic (exact) mass is 347 g/mol. The van der Waals surface area contributed by atoms with Crippen LogP contribution in [0.15, 0.2) is 53.6 Å². The van der Waals surface area contributed by atoms with Gasteiger partial charge >= 0.3 is 0 Å². The van der Waals surface area contributed by atoms with Crippen molar-refractivity contribution < 1.29 is 9.53 Å². The van der Waals surface area contributed by atoms with E-state index in [4.69, 9.17) is 11.2 Å². The molecule has 2 aromatic rings. The zero-order valence-corrected chi connectivity index (χ0v) is 14.5. The van der Waals surface area contributed by atoms with Crippen LogP contribution in [0.2, 0.25) is 0 Å². The average molecular weight is 347 g/mol. The highest BCUT2D eigenvalue weighted by molar-refractivity contribution is 5.86. The maximum Gasteiger partial charge on any atom is 0.259 e. The Morgan fingerprint density at radius 1 is 1.27 bits per heavy atom. The molecule has 0 spiro atoms. The van der Waals surface area contributed by atoms with Crippen LogP contribution in [-0.2, 0) is 11.2 Å². The number of nitrogens with zero attached hydrogens (tertiary/aromatic N) is 2. The highest BCUT2D eigenvalue weighted by Crippen LogP contribution is 2.26. The Labute approximate surface area is 153 Å². The summed E-state index contributed by atoms with van der Waals surface area (Å²) >= 11 is 0. The van der Waals surface area contributed by atoms with Crippen molar-refractivity contribution in [3.05, 3.63) is 59.7 Å². The van der Waals surface area contributed by atoms with Crippen LogP contribution in [-0.4, -0.2) is 31.8 Å². The Balaban J connectivity index is 1.59. The van der Waals surface area contributed by atoms with Crippen LogP contribution in [0.3, 0.4) is 0 Å². The first-order chi connectivity index (χ1) is 12.8. The van der Waals surface area contributed by atoms with Gasteiger partial charge in [-0.15, -0.1) is 6.42 Å². The molecule has 0 atom stereocenters. The van der Waals surface area contributed by atoms with Gasteiger partial charge in [0, 0.05) is 17.8 Å². The van der Waals surface area contributed by atoms with Gasteiger partial charge in [-0.2, -0.15) is 5.10 Å². The number of carbonyl (C=O) groups excluding carboxylic acids is 1. The predicted molar refractivity (Wildman–Crippen MR) is 103 cm³/mol. The number of amides is 1. The number of hydrazone groups is 1. The highest BCUT2D eigenvalue weighted by Gasteiger charge is 2.18. The number of nitrogens with one attached hydrogen (secondary N) is 1. The van der Waals surface area contributed by atoms with E-state index in [1.165, 1.54) is 5.56 Å². The third-order valence-electron chi connectivity index (χ3n) is 4.16. The van der Waals surface area contributed by atoms with E-state index in [2.05, 4.69) is 33.5 Å². The molecule has 0 unspecified atom stereocenters. The maximum absolute atomic E-state index is 12.2. The van der Waals surface area contributed by atoms with Crippen LogP contribution < -0.4 is 15.1 Å². The molecular weight excluding hydrogens is 326 g/mol. The van der Waals surface area contributed by atoms with E-state index < -0.39 is 0 Å². The van der Waals surface area contributed by atoms with Crippen LogP contribution in [0.5, 0.6) is 5.75 Å². The molecule has 0 radical (unpaired) electrons. The largest absolute Gasteiger partial charge is 0.480 e. The first kappa shape index (κ1) is 17.6. The second kappa shape index (κ2) is 8.72. The fourth-order valence-corrected chi connectivity index (χ4v) is 3.00. The predicted octanol–water partition coefficient (Wildman–Crippen LogP) is 2.60. The van der Waals surface area contributed by atoms with Gasteiger partial charge in [0.2, 0.25) is 0 Å². The first-order valence-corrected chi connectivity index (χ1v) is 8.58. The number of benzene rings is 2. The van der Waals surface area contributed by atoms with Gasteiger partial charge in [-0.1, -0.05) is 36.3 Å². The van der Waals surface area contributed by atoms with Gasteiger partial charge in [0.25, 0.3) is 5.91 Å². The minimum Gasteiger partial charge on any atom is -0.480 e. The summed E-state index contributed by atoms with van der Waals surface area (Å²) < 4.78 is 5.46. The van der Waals surface area contributed by atoms with E-state index >= 15 is 0 Å². The van der Waals surface area contributed by atoms with Crippen molar-refractivity contribution in [2.75, 3.05) is 24.6 Å². The highest BCUT2D eigenvalue weighted by atomic mass is 16.5. The number of terminal acetylenes is 1. The Kier molecular flexibility index (Phi) is 5.89. The molecule has 0 saturated carbocycles. The molecule has 2 aromatic carbocycles. The smallest absolute Gasteiger partial charge is 0.259 e. The number of fused-ring (bicyclic) bond motifs is 1. The zero-order chi connectivity index (χ0) is 18.2. The van der Waals surface area contributed by atoms with E-state index in [9.17, 15) is 4.79 Å². The zero-order valence-electron chi connectivity index (χ0n) is 14.5. The summed E-state index contributed by atoms with van der Waals surface area (Å²) in [5.41, 5.74) is 5.76. The molecule has 1 N–H and O–H groups in total.